The van der Waals surface area contributed by atoms with Gasteiger partial charge in [-0.1, -0.05) is 32.4 Å². The van der Waals surface area contributed by atoms with Crippen LogP contribution in [0.4, 0.5) is 4.39 Å². The van der Waals surface area contributed by atoms with Gasteiger partial charge in [0.1, 0.15) is 19.0 Å². The molecule has 1 rings (SSSR count). The lowest BCUT2D eigenvalue weighted by molar-refractivity contribution is 0.273. The van der Waals surface area contributed by atoms with Crippen LogP contribution in [0.2, 0.25) is 5.02 Å². The molecule has 1 aromatic carbocycles. The second-order valence-electron chi connectivity index (χ2n) is 4.43. The summed E-state index contributed by atoms with van der Waals surface area (Å²) in [5.41, 5.74) is 0.979. The lowest BCUT2D eigenvalue weighted by Gasteiger charge is -2.21. The summed E-state index contributed by atoms with van der Waals surface area (Å²) in [5.74, 6) is 0.668. The number of halogens is 2. The summed E-state index contributed by atoms with van der Waals surface area (Å²) in [5, 5.41) is 0.718. The highest BCUT2D eigenvalue weighted by Gasteiger charge is 2.17. The summed E-state index contributed by atoms with van der Waals surface area (Å²) in [7, 11) is 0. The molecule has 0 saturated carbocycles. The number of hydrogen-bond donors (Lipinski definition) is 0. The predicted molar refractivity (Wildman–Crippen MR) is 61.6 cm³/mol. The molecule has 1 nitrogen and oxygen atoms in total. The molecule has 0 saturated heterocycles. The summed E-state index contributed by atoms with van der Waals surface area (Å²) in [6.45, 7) is 5.84. The first-order valence-corrected chi connectivity index (χ1v) is 5.32. The van der Waals surface area contributed by atoms with Crippen LogP contribution in [0.3, 0.4) is 0 Å². The number of benzene rings is 1. The van der Waals surface area contributed by atoms with Crippen LogP contribution < -0.4 is 4.74 Å². The van der Waals surface area contributed by atoms with E-state index >= 15 is 0 Å². The molecular weight excluding hydrogens is 215 g/mol. The Morgan fingerprint density at radius 2 is 2.00 bits per heavy atom. The van der Waals surface area contributed by atoms with Crippen molar-refractivity contribution in [1.82, 2.24) is 0 Å². The van der Waals surface area contributed by atoms with Crippen molar-refractivity contribution in [2.45, 2.75) is 26.2 Å². The van der Waals surface area contributed by atoms with E-state index in [0.717, 1.165) is 10.6 Å². The van der Waals surface area contributed by atoms with E-state index in [-0.39, 0.29) is 12.0 Å². The van der Waals surface area contributed by atoms with E-state index in [1.165, 1.54) is 0 Å². The Balaban J connectivity index is 2.95. The van der Waals surface area contributed by atoms with E-state index in [1.54, 1.807) is 12.1 Å². The highest BCUT2D eigenvalue weighted by atomic mass is 35.5. The fourth-order valence-corrected chi connectivity index (χ4v) is 1.73. The highest BCUT2D eigenvalue weighted by molar-refractivity contribution is 6.31. The minimum Gasteiger partial charge on any atom is -0.491 e. The minimum absolute atomic E-state index is 0.0355. The van der Waals surface area contributed by atoms with Gasteiger partial charge in [-0.2, -0.15) is 0 Å². The summed E-state index contributed by atoms with van der Waals surface area (Å²) in [6.07, 6.45) is 0. The molecule has 3 heteroatoms. The molecule has 0 radical (unpaired) electrons. The zero-order valence-electron chi connectivity index (χ0n) is 9.31. The van der Waals surface area contributed by atoms with Gasteiger partial charge in [-0.3, -0.25) is 0 Å². The molecule has 0 aliphatic heterocycles. The first-order chi connectivity index (χ1) is 6.95. The van der Waals surface area contributed by atoms with Crippen molar-refractivity contribution in [3.63, 3.8) is 0 Å². The quantitative estimate of drug-likeness (QED) is 0.763. The fraction of sp³-hybridized carbons (Fsp3) is 0.500. The Hall–Kier alpha value is -0.760. The molecule has 0 amide bonds. The summed E-state index contributed by atoms with van der Waals surface area (Å²) in [4.78, 5) is 0. The molecule has 0 heterocycles. The fourth-order valence-electron chi connectivity index (χ4n) is 1.33. The third-order valence-corrected chi connectivity index (χ3v) is 2.42. The van der Waals surface area contributed by atoms with Crippen LogP contribution in [0.25, 0.3) is 0 Å². The van der Waals surface area contributed by atoms with Gasteiger partial charge >= 0.3 is 0 Å². The predicted octanol–water partition coefficient (Wildman–Crippen LogP) is 3.99. The van der Waals surface area contributed by atoms with Crippen LogP contribution in [-0.2, 0) is 5.41 Å². The molecule has 0 aromatic heterocycles. The smallest absolute Gasteiger partial charge is 0.123 e. The van der Waals surface area contributed by atoms with Crippen LogP contribution in [0, 0.1) is 0 Å². The minimum atomic E-state index is -0.479. The van der Waals surface area contributed by atoms with Crippen molar-refractivity contribution in [1.29, 1.82) is 0 Å². The molecule has 0 atom stereocenters. The summed E-state index contributed by atoms with van der Waals surface area (Å²) >= 11 is 6.09. The van der Waals surface area contributed by atoms with E-state index in [9.17, 15) is 4.39 Å². The van der Waals surface area contributed by atoms with E-state index < -0.39 is 6.67 Å². The molecule has 0 unspecified atom stereocenters. The topological polar surface area (TPSA) is 9.23 Å². The average Bonchev–Trinajstić information content (AvgIpc) is 2.15. The Morgan fingerprint density at radius 3 is 2.53 bits per heavy atom. The highest BCUT2D eigenvalue weighted by Crippen LogP contribution is 2.32. The molecule has 1 aromatic rings. The third kappa shape index (κ3) is 3.38. The lowest BCUT2D eigenvalue weighted by atomic mass is 9.87. The summed E-state index contributed by atoms with van der Waals surface area (Å²) < 4.78 is 17.2. The van der Waals surface area contributed by atoms with Crippen LogP contribution >= 0.6 is 11.6 Å². The van der Waals surface area contributed by atoms with Gasteiger partial charge < -0.3 is 4.74 Å². The zero-order valence-corrected chi connectivity index (χ0v) is 10.1. The molecular formula is C12H16ClFO. The monoisotopic (exact) mass is 230 g/mol. The maximum atomic E-state index is 11.9. The normalized spacial score (nSPS) is 11.5. The Labute approximate surface area is 95.2 Å². The van der Waals surface area contributed by atoms with Gasteiger partial charge in [0.25, 0.3) is 0 Å². The lowest BCUT2D eigenvalue weighted by Crippen LogP contribution is -2.12. The van der Waals surface area contributed by atoms with Gasteiger partial charge in [-0.15, -0.1) is 0 Å². The molecule has 84 valence electrons. The number of hydrogen-bond acceptors (Lipinski definition) is 1. The standard InChI is InChI=1S/C12H16ClFO/c1-12(2,3)10-8-9(15-7-6-14)4-5-11(10)13/h4-5,8H,6-7H2,1-3H3. The van der Waals surface area contributed by atoms with Gasteiger partial charge in [0.15, 0.2) is 0 Å². The van der Waals surface area contributed by atoms with Crippen molar-refractivity contribution in [3.8, 4) is 5.75 Å². The molecule has 0 bridgehead atoms. The Bertz CT molecular complexity index is 331. The maximum absolute atomic E-state index is 11.9. The van der Waals surface area contributed by atoms with Gasteiger partial charge in [0, 0.05) is 5.02 Å². The largest absolute Gasteiger partial charge is 0.491 e. The van der Waals surface area contributed by atoms with Crippen LogP contribution in [0.1, 0.15) is 26.3 Å². The van der Waals surface area contributed by atoms with E-state index in [1.807, 2.05) is 6.07 Å². The Morgan fingerprint density at radius 1 is 1.33 bits per heavy atom. The van der Waals surface area contributed by atoms with Gasteiger partial charge in [0.05, 0.1) is 0 Å². The van der Waals surface area contributed by atoms with Crippen molar-refractivity contribution in [3.05, 3.63) is 28.8 Å². The van der Waals surface area contributed by atoms with E-state index in [4.69, 9.17) is 16.3 Å². The Kier molecular flexibility index (Phi) is 3.97. The molecule has 15 heavy (non-hydrogen) atoms. The van der Waals surface area contributed by atoms with Crippen LogP contribution in [-0.4, -0.2) is 13.3 Å². The first-order valence-electron chi connectivity index (χ1n) is 4.94. The second-order valence-corrected chi connectivity index (χ2v) is 4.84. The van der Waals surface area contributed by atoms with Crippen LogP contribution in [0.15, 0.2) is 18.2 Å². The number of alkyl halides is 1. The second kappa shape index (κ2) is 4.84. The van der Waals surface area contributed by atoms with Gasteiger partial charge in [0.2, 0.25) is 0 Å². The molecule has 0 aliphatic carbocycles. The zero-order chi connectivity index (χ0) is 11.5. The van der Waals surface area contributed by atoms with Crippen LogP contribution in [0.5, 0.6) is 5.75 Å². The van der Waals surface area contributed by atoms with Crippen molar-refractivity contribution < 1.29 is 9.13 Å². The number of rotatable bonds is 3. The number of ether oxygens (including phenoxy) is 1. The molecule has 0 fully saturated rings. The van der Waals surface area contributed by atoms with Gasteiger partial charge in [-0.25, -0.2) is 4.39 Å². The van der Waals surface area contributed by atoms with Crippen molar-refractivity contribution >= 4 is 11.6 Å². The maximum Gasteiger partial charge on any atom is 0.123 e. The SMILES string of the molecule is CC(C)(C)c1cc(OCCF)ccc1Cl. The van der Waals surface area contributed by atoms with Crippen molar-refractivity contribution in [2.75, 3.05) is 13.3 Å². The van der Waals surface area contributed by atoms with Gasteiger partial charge in [-0.05, 0) is 29.2 Å². The molecule has 0 spiro atoms. The van der Waals surface area contributed by atoms with E-state index in [2.05, 4.69) is 20.8 Å². The first kappa shape index (κ1) is 12.3. The average molecular weight is 231 g/mol. The summed E-state index contributed by atoms with van der Waals surface area (Å²) in [6, 6.07) is 5.42. The third-order valence-electron chi connectivity index (χ3n) is 2.09. The molecule has 0 aliphatic rings. The van der Waals surface area contributed by atoms with E-state index in [0.29, 0.717) is 5.75 Å². The van der Waals surface area contributed by atoms with Crippen molar-refractivity contribution in [2.24, 2.45) is 0 Å². The molecule has 0 N–H and O–H groups in total.